The first-order valence-corrected chi connectivity index (χ1v) is 5.58. The second kappa shape index (κ2) is 5.72. The van der Waals surface area contributed by atoms with E-state index in [4.69, 9.17) is 0 Å². The fourth-order valence-corrected chi connectivity index (χ4v) is 1.51. The molecular formula is C14H21N. The molecule has 0 saturated carbocycles. The Hall–Kier alpha value is -1.08. The van der Waals surface area contributed by atoms with Gasteiger partial charge in [-0.05, 0) is 44.0 Å². The second-order valence-electron chi connectivity index (χ2n) is 4.11. The largest absolute Gasteiger partial charge is 0.313 e. The fourth-order valence-electron chi connectivity index (χ4n) is 1.51. The SMILES string of the molecule is CCNCC(C)=Cc1ccc(C)c(C)c1. The summed E-state index contributed by atoms with van der Waals surface area (Å²) in [4.78, 5) is 0. The Balaban J connectivity index is 2.75. The highest BCUT2D eigenvalue weighted by molar-refractivity contribution is 5.54. The first-order chi connectivity index (χ1) is 7.13. The monoisotopic (exact) mass is 203 g/mol. The number of hydrogen-bond acceptors (Lipinski definition) is 1. The van der Waals surface area contributed by atoms with Crippen LogP contribution < -0.4 is 5.32 Å². The Morgan fingerprint density at radius 3 is 2.60 bits per heavy atom. The minimum Gasteiger partial charge on any atom is -0.313 e. The predicted molar refractivity (Wildman–Crippen MR) is 68.1 cm³/mol. The van der Waals surface area contributed by atoms with E-state index in [1.165, 1.54) is 22.3 Å². The van der Waals surface area contributed by atoms with Crippen LogP contribution in [0.2, 0.25) is 0 Å². The van der Waals surface area contributed by atoms with Gasteiger partial charge in [0.15, 0.2) is 0 Å². The summed E-state index contributed by atoms with van der Waals surface area (Å²) in [6.07, 6.45) is 2.25. The lowest BCUT2D eigenvalue weighted by Gasteiger charge is -2.04. The van der Waals surface area contributed by atoms with Gasteiger partial charge in [0.1, 0.15) is 0 Å². The highest BCUT2D eigenvalue weighted by Crippen LogP contribution is 2.12. The minimum absolute atomic E-state index is 0.976. The van der Waals surface area contributed by atoms with Gasteiger partial charge in [0, 0.05) is 6.54 Å². The molecule has 0 fully saturated rings. The molecule has 0 aliphatic carbocycles. The van der Waals surface area contributed by atoms with Gasteiger partial charge < -0.3 is 5.32 Å². The smallest absolute Gasteiger partial charge is 0.0165 e. The molecule has 15 heavy (non-hydrogen) atoms. The van der Waals surface area contributed by atoms with Crippen molar-refractivity contribution in [3.8, 4) is 0 Å². The second-order valence-corrected chi connectivity index (χ2v) is 4.11. The zero-order chi connectivity index (χ0) is 11.3. The van der Waals surface area contributed by atoms with Crippen molar-refractivity contribution in [2.24, 2.45) is 0 Å². The Labute approximate surface area is 93.2 Å². The molecule has 0 heterocycles. The molecule has 1 aromatic carbocycles. The average Bonchev–Trinajstić information content (AvgIpc) is 2.20. The molecular weight excluding hydrogens is 182 g/mol. The van der Waals surface area contributed by atoms with Crippen LogP contribution in [-0.4, -0.2) is 13.1 Å². The van der Waals surface area contributed by atoms with Crippen molar-refractivity contribution in [2.45, 2.75) is 27.7 Å². The third-order valence-corrected chi connectivity index (χ3v) is 2.60. The predicted octanol–water partition coefficient (Wildman–Crippen LogP) is 3.32. The normalized spacial score (nSPS) is 11.9. The van der Waals surface area contributed by atoms with Crippen LogP contribution in [0, 0.1) is 13.8 Å². The summed E-state index contributed by atoms with van der Waals surface area (Å²) in [6, 6.07) is 6.60. The average molecular weight is 203 g/mol. The van der Waals surface area contributed by atoms with Crippen molar-refractivity contribution in [3.05, 3.63) is 40.5 Å². The van der Waals surface area contributed by atoms with Crippen molar-refractivity contribution < 1.29 is 0 Å². The lowest BCUT2D eigenvalue weighted by molar-refractivity contribution is 0.778. The zero-order valence-electron chi connectivity index (χ0n) is 10.2. The summed E-state index contributed by atoms with van der Waals surface area (Å²) >= 11 is 0. The van der Waals surface area contributed by atoms with Crippen LogP contribution in [0.3, 0.4) is 0 Å². The Kier molecular flexibility index (Phi) is 4.57. The maximum absolute atomic E-state index is 3.33. The van der Waals surface area contributed by atoms with Crippen molar-refractivity contribution in [2.75, 3.05) is 13.1 Å². The van der Waals surface area contributed by atoms with Gasteiger partial charge in [-0.15, -0.1) is 0 Å². The van der Waals surface area contributed by atoms with Crippen molar-refractivity contribution in [1.82, 2.24) is 5.32 Å². The standard InChI is InChI=1S/C14H21N/c1-5-15-10-11(2)8-14-7-6-12(3)13(4)9-14/h6-9,15H,5,10H2,1-4H3. The molecule has 0 spiro atoms. The number of nitrogens with one attached hydrogen (secondary N) is 1. The van der Waals surface area contributed by atoms with Gasteiger partial charge >= 0.3 is 0 Å². The first-order valence-electron chi connectivity index (χ1n) is 5.58. The summed E-state index contributed by atoms with van der Waals surface area (Å²) in [6.45, 7) is 10.6. The van der Waals surface area contributed by atoms with Crippen molar-refractivity contribution in [1.29, 1.82) is 0 Å². The van der Waals surface area contributed by atoms with Gasteiger partial charge in [-0.3, -0.25) is 0 Å². The van der Waals surface area contributed by atoms with Gasteiger partial charge in [-0.2, -0.15) is 0 Å². The summed E-state index contributed by atoms with van der Waals surface area (Å²) in [5, 5.41) is 3.33. The first kappa shape index (κ1) is 12.0. The number of aryl methyl sites for hydroxylation is 2. The zero-order valence-corrected chi connectivity index (χ0v) is 10.2. The lowest BCUT2D eigenvalue weighted by atomic mass is 10.0. The van der Waals surface area contributed by atoms with Crippen LogP contribution in [0.4, 0.5) is 0 Å². The molecule has 0 amide bonds. The molecule has 1 heteroatoms. The molecule has 0 bridgehead atoms. The number of benzene rings is 1. The van der Waals surface area contributed by atoms with E-state index in [1.807, 2.05) is 0 Å². The third-order valence-electron chi connectivity index (χ3n) is 2.60. The van der Waals surface area contributed by atoms with E-state index in [-0.39, 0.29) is 0 Å². The maximum atomic E-state index is 3.33. The van der Waals surface area contributed by atoms with Crippen LogP contribution in [0.5, 0.6) is 0 Å². The fraction of sp³-hybridized carbons (Fsp3) is 0.429. The Morgan fingerprint density at radius 1 is 1.27 bits per heavy atom. The van der Waals surface area contributed by atoms with Crippen LogP contribution in [0.1, 0.15) is 30.5 Å². The van der Waals surface area contributed by atoms with Gasteiger partial charge in [-0.25, -0.2) is 0 Å². The van der Waals surface area contributed by atoms with Gasteiger partial charge in [0.05, 0.1) is 0 Å². The Morgan fingerprint density at radius 2 is 2.00 bits per heavy atom. The lowest BCUT2D eigenvalue weighted by Crippen LogP contribution is -2.14. The topological polar surface area (TPSA) is 12.0 Å². The molecule has 0 unspecified atom stereocenters. The Bertz CT molecular complexity index is 350. The highest BCUT2D eigenvalue weighted by atomic mass is 14.8. The molecule has 0 atom stereocenters. The third kappa shape index (κ3) is 3.88. The molecule has 0 saturated heterocycles. The molecule has 1 rings (SSSR count). The van der Waals surface area contributed by atoms with Crippen molar-refractivity contribution >= 4 is 6.08 Å². The van der Waals surface area contributed by atoms with Crippen LogP contribution in [-0.2, 0) is 0 Å². The van der Waals surface area contributed by atoms with Crippen LogP contribution in [0.25, 0.3) is 6.08 Å². The molecule has 82 valence electrons. The maximum Gasteiger partial charge on any atom is 0.0165 e. The van der Waals surface area contributed by atoms with Gasteiger partial charge in [0.25, 0.3) is 0 Å². The molecule has 0 aliphatic heterocycles. The van der Waals surface area contributed by atoms with E-state index in [2.05, 4.69) is 57.3 Å². The van der Waals surface area contributed by atoms with Crippen molar-refractivity contribution in [3.63, 3.8) is 0 Å². The summed E-state index contributed by atoms with van der Waals surface area (Å²) < 4.78 is 0. The number of rotatable bonds is 4. The summed E-state index contributed by atoms with van der Waals surface area (Å²) in [5.74, 6) is 0. The highest BCUT2D eigenvalue weighted by Gasteiger charge is 1.94. The number of likely N-dealkylation sites (N-methyl/N-ethyl adjacent to an activating group) is 1. The number of hydrogen-bond donors (Lipinski definition) is 1. The van der Waals surface area contributed by atoms with E-state index in [1.54, 1.807) is 0 Å². The molecule has 1 nitrogen and oxygen atoms in total. The van der Waals surface area contributed by atoms with E-state index in [0.29, 0.717) is 0 Å². The van der Waals surface area contributed by atoms with E-state index in [0.717, 1.165) is 13.1 Å². The molecule has 0 aliphatic rings. The summed E-state index contributed by atoms with van der Waals surface area (Å²) in [5.41, 5.74) is 5.39. The van der Waals surface area contributed by atoms with Gasteiger partial charge in [-0.1, -0.05) is 36.8 Å². The molecule has 1 N–H and O–H groups in total. The van der Waals surface area contributed by atoms with Gasteiger partial charge in [0.2, 0.25) is 0 Å². The quantitative estimate of drug-likeness (QED) is 0.791. The molecule has 0 aromatic heterocycles. The molecule has 1 aromatic rings. The van der Waals surface area contributed by atoms with E-state index >= 15 is 0 Å². The molecule has 0 radical (unpaired) electrons. The summed E-state index contributed by atoms with van der Waals surface area (Å²) in [7, 11) is 0. The minimum atomic E-state index is 0.976. The van der Waals surface area contributed by atoms with Crippen LogP contribution in [0.15, 0.2) is 23.8 Å². The van der Waals surface area contributed by atoms with Crippen LogP contribution >= 0.6 is 0 Å². The van der Waals surface area contributed by atoms with E-state index < -0.39 is 0 Å². The van der Waals surface area contributed by atoms with E-state index in [9.17, 15) is 0 Å².